The molecule has 0 bridgehead atoms. The lowest BCUT2D eigenvalue weighted by atomic mass is 10.1. The number of halogens is 1. The van der Waals surface area contributed by atoms with Gasteiger partial charge in [0, 0.05) is 26.3 Å². The topological polar surface area (TPSA) is 25.4 Å². The first-order valence-corrected chi connectivity index (χ1v) is 5.20. The number of aromatic nitrogens is 1. The highest BCUT2D eigenvalue weighted by Gasteiger charge is 2.19. The SMILES string of the molecule is CN(c1cccc(F)n1)C1CCOCC1. The first-order chi connectivity index (χ1) is 7.27. The molecule has 1 aromatic rings. The molecule has 1 aromatic heterocycles. The van der Waals surface area contributed by atoms with Gasteiger partial charge in [0.2, 0.25) is 5.95 Å². The fourth-order valence-corrected chi connectivity index (χ4v) is 1.85. The van der Waals surface area contributed by atoms with Crippen LogP contribution in [0.25, 0.3) is 0 Å². The summed E-state index contributed by atoms with van der Waals surface area (Å²) >= 11 is 0. The minimum atomic E-state index is -0.425. The van der Waals surface area contributed by atoms with E-state index in [9.17, 15) is 4.39 Å². The summed E-state index contributed by atoms with van der Waals surface area (Å²) in [6, 6.07) is 5.29. The molecule has 4 heteroatoms. The number of hydrogen-bond acceptors (Lipinski definition) is 3. The van der Waals surface area contributed by atoms with Gasteiger partial charge in [-0.2, -0.15) is 4.39 Å². The van der Waals surface area contributed by atoms with Gasteiger partial charge in [-0.3, -0.25) is 0 Å². The van der Waals surface area contributed by atoms with Gasteiger partial charge in [0.25, 0.3) is 0 Å². The van der Waals surface area contributed by atoms with Crippen molar-refractivity contribution in [3.05, 3.63) is 24.1 Å². The average Bonchev–Trinajstić information content (AvgIpc) is 2.29. The summed E-state index contributed by atoms with van der Waals surface area (Å²) in [4.78, 5) is 5.90. The lowest BCUT2D eigenvalue weighted by Crippen LogP contribution is -2.37. The van der Waals surface area contributed by atoms with Crippen molar-refractivity contribution in [2.75, 3.05) is 25.2 Å². The lowest BCUT2D eigenvalue weighted by Gasteiger charge is -2.31. The Bertz CT molecular complexity index is 326. The van der Waals surface area contributed by atoms with Gasteiger partial charge in [-0.25, -0.2) is 4.98 Å². The Balaban J connectivity index is 2.08. The molecule has 82 valence electrons. The molecule has 0 radical (unpaired) electrons. The van der Waals surface area contributed by atoms with Crippen LogP contribution < -0.4 is 4.90 Å². The molecule has 0 N–H and O–H groups in total. The van der Waals surface area contributed by atoms with E-state index in [0.717, 1.165) is 26.1 Å². The third-order valence-corrected chi connectivity index (χ3v) is 2.80. The van der Waals surface area contributed by atoms with Crippen LogP contribution in [0, 0.1) is 5.95 Å². The highest BCUT2D eigenvalue weighted by atomic mass is 19.1. The van der Waals surface area contributed by atoms with Gasteiger partial charge in [-0.1, -0.05) is 6.07 Å². The van der Waals surface area contributed by atoms with Crippen molar-refractivity contribution >= 4 is 5.82 Å². The zero-order chi connectivity index (χ0) is 10.7. The van der Waals surface area contributed by atoms with E-state index in [4.69, 9.17) is 4.74 Å². The van der Waals surface area contributed by atoms with E-state index in [0.29, 0.717) is 11.9 Å². The minimum Gasteiger partial charge on any atom is -0.381 e. The van der Waals surface area contributed by atoms with Gasteiger partial charge in [-0.05, 0) is 25.0 Å². The first-order valence-electron chi connectivity index (χ1n) is 5.20. The molecule has 0 atom stereocenters. The molecule has 1 aliphatic heterocycles. The Morgan fingerprint density at radius 2 is 2.13 bits per heavy atom. The summed E-state index contributed by atoms with van der Waals surface area (Å²) in [6.07, 6.45) is 1.96. The predicted octanol–water partition coefficient (Wildman–Crippen LogP) is 1.84. The normalized spacial score (nSPS) is 17.7. The number of hydrogen-bond donors (Lipinski definition) is 0. The second kappa shape index (κ2) is 4.57. The summed E-state index contributed by atoms with van der Waals surface area (Å²) in [6.45, 7) is 1.56. The number of anilines is 1. The van der Waals surface area contributed by atoms with Gasteiger partial charge in [0.15, 0.2) is 0 Å². The molecule has 0 spiro atoms. The van der Waals surface area contributed by atoms with Crippen LogP contribution in [-0.4, -0.2) is 31.3 Å². The Morgan fingerprint density at radius 3 is 2.80 bits per heavy atom. The molecule has 1 saturated heterocycles. The van der Waals surface area contributed by atoms with Crippen molar-refractivity contribution in [1.82, 2.24) is 4.98 Å². The molecule has 1 aliphatic rings. The van der Waals surface area contributed by atoms with Gasteiger partial charge in [0.1, 0.15) is 5.82 Å². The third kappa shape index (κ3) is 2.45. The molecular weight excluding hydrogens is 195 g/mol. The van der Waals surface area contributed by atoms with Gasteiger partial charge in [-0.15, -0.1) is 0 Å². The minimum absolute atomic E-state index is 0.410. The Hall–Kier alpha value is -1.16. The number of nitrogens with zero attached hydrogens (tertiary/aromatic N) is 2. The third-order valence-electron chi connectivity index (χ3n) is 2.80. The maximum atomic E-state index is 12.9. The van der Waals surface area contributed by atoms with Crippen molar-refractivity contribution < 1.29 is 9.13 Å². The van der Waals surface area contributed by atoms with E-state index in [-0.39, 0.29) is 0 Å². The lowest BCUT2D eigenvalue weighted by molar-refractivity contribution is 0.0853. The molecule has 1 fully saturated rings. The standard InChI is InChI=1S/C11H15FN2O/c1-14(9-5-7-15-8-6-9)11-4-2-3-10(12)13-11/h2-4,9H,5-8H2,1H3. The molecule has 15 heavy (non-hydrogen) atoms. The largest absolute Gasteiger partial charge is 0.381 e. The van der Waals surface area contributed by atoms with Crippen LogP contribution in [0.15, 0.2) is 18.2 Å². The van der Waals surface area contributed by atoms with Crippen molar-refractivity contribution in [2.24, 2.45) is 0 Å². The average molecular weight is 210 g/mol. The predicted molar refractivity (Wildman–Crippen MR) is 56.4 cm³/mol. The summed E-state index contributed by atoms with van der Waals surface area (Å²) in [5.74, 6) is 0.272. The molecule has 0 unspecified atom stereocenters. The fourth-order valence-electron chi connectivity index (χ4n) is 1.85. The Kier molecular flexibility index (Phi) is 3.16. The summed E-state index contributed by atoms with van der Waals surface area (Å²) in [5, 5.41) is 0. The Morgan fingerprint density at radius 1 is 1.40 bits per heavy atom. The first kappa shape index (κ1) is 10.4. The second-order valence-electron chi connectivity index (χ2n) is 3.77. The van der Waals surface area contributed by atoms with Crippen molar-refractivity contribution in [3.8, 4) is 0 Å². The van der Waals surface area contributed by atoms with E-state index >= 15 is 0 Å². The fraction of sp³-hybridized carbons (Fsp3) is 0.545. The van der Waals surface area contributed by atoms with E-state index in [2.05, 4.69) is 4.98 Å². The molecule has 3 nitrogen and oxygen atoms in total. The highest BCUT2D eigenvalue weighted by Crippen LogP contribution is 2.19. The van der Waals surface area contributed by atoms with Crippen LogP contribution in [0.1, 0.15) is 12.8 Å². The zero-order valence-corrected chi connectivity index (χ0v) is 8.82. The quantitative estimate of drug-likeness (QED) is 0.696. The van der Waals surface area contributed by atoms with Crippen LogP contribution in [0.2, 0.25) is 0 Å². The molecule has 2 rings (SSSR count). The summed E-state index contributed by atoms with van der Waals surface area (Å²) in [7, 11) is 1.96. The maximum Gasteiger partial charge on any atom is 0.214 e. The van der Waals surface area contributed by atoms with Gasteiger partial charge >= 0.3 is 0 Å². The van der Waals surface area contributed by atoms with Crippen LogP contribution >= 0.6 is 0 Å². The van der Waals surface area contributed by atoms with E-state index < -0.39 is 5.95 Å². The smallest absolute Gasteiger partial charge is 0.214 e. The monoisotopic (exact) mass is 210 g/mol. The van der Waals surface area contributed by atoms with Gasteiger partial charge in [0.05, 0.1) is 0 Å². The Labute approximate surface area is 88.9 Å². The number of ether oxygens (including phenoxy) is 1. The van der Waals surface area contributed by atoms with Gasteiger partial charge < -0.3 is 9.64 Å². The van der Waals surface area contributed by atoms with Crippen LogP contribution in [0.3, 0.4) is 0 Å². The number of pyridine rings is 1. The molecule has 2 heterocycles. The zero-order valence-electron chi connectivity index (χ0n) is 8.82. The van der Waals surface area contributed by atoms with Crippen LogP contribution in [-0.2, 0) is 4.74 Å². The van der Waals surface area contributed by atoms with Crippen LogP contribution in [0.4, 0.5) is 10.2 Å². The van der Waals surface area contributed by atoms with Crippen LogP contribution in [0.5, 0.6) is 0 Å². The second-order valence-corrected chi connectivity index (χ2v) is 3.77. The highest BCUT2D eigenvalue weighted by molar-refractivity contribution is 5.38. The summed E-state index contributed by atoms with van der Waals surface area (Å²) in [5.41, 5.74) is 0. The molecule has 0 aromatic carbocycles. The van der Waals surface area contributed by atoms with E-state index in [1.165, 1.54) is 6.07 Å². The van der Waals surface area contributed by atoms with Crippen molar-refractivity contribution in [1.29, 1.82) is 0 Å². The molecule has 0 saturated carbocycles. The maximum absolute atomic E-state index is 12.9. The van der Waals surface area contributed by atoms with Crippen molar-refractivity contribution in [2.45, 2.75) is 18.9 Å². The van der Waals surface area contributed by atoms with Crippen molar-refractivity contribution in [3.63, 3.8) is 0 Å². The molecule has 0 aliphatic carbocycles. The molecule has 0 amide bonds. The molecular formula is C11H15FN2O. The van der Waals surface area contributed by atoms with E-state index in [1.54, 1.807) is 6.07 Å². The number of rotatable bonds is 2. The summed E-state index contributed by atoms with van der Waals surface area (Å²) < 4.78 is 18.2. The van der Waals surface area contributed by atoms with E-state index in [1.807, 2.05) is 18.0 Å².